The summed E-state index contributed by atoms with van der Waals surface area (Å²) >= 11 is 0. The number of hydrogen-bond donors (Lipinski definition) is 0. The zero-order chi connectivity index (χ0) is 11.6. The minimum absolute atomic E-state index is 2.54. The molecule has 0 rings (SSSR count). The number of rotatable bonds is 2. The van der Waals surface area contributed by atoms with Crippen molar-refractivity contribution in [3.8, 4) is 0 Å². The molecule has 0 spiro atoms. The second-order valence-corrected chi connectivity index (χ2v) is 2.01. The van der Waals surface area contributed by atoms with E-state index in [0.29, 0.717) is 0 Å². The molecule has 9 heteroatoms. The molecule has 0 saturated carbocycles. The van der Waals surface area contributed by atoms with E-state index in [4.69, 9.17) is 0 Å². The molecule has 0 fully saturated rings. The van der Waals surface area contributed by atoms with Crippen molar-refractivity contribution in [2.24, 2.45) is 0 Å². The van der Waals surface area contributed by atoms with Gasteiger partial charge in [0.15, 0.2) is 6.67 Å². The fourth-order valence-corrected chi connectivity index (χ4v) is 0.271. The Bertz CT molecular complexity index is 244. The number of carbonyl (C=O) groups excluding carboxylic acids is 2. The van der Waals surface area contributed by atoms with Crippen LogP contribution in [0, 0.1) is 0 Å². The van der Waals surface area contributed by atoms with E-state index in [-0.39, 0.29) is 0 Å². The molecule has 0 aromatic carbocycles. The molecule has 82 valence electrons. The number of alkyl halides is 6. The third-order valence-corrected chi connectivity index (χ3v) is 0.883. The largest absolute Gasteiger partial charge is 0.491 e. The molecule has 0 N–H and O–H groups in total. The normalized spacial score (nSPS) is 12.4. The summed E-state index contributed by atoms with van der Waals surface area (Å²) in [5.74, 6) is -10.7. The van der Waals surface area contributed by atoms with Crippen LogP contribution in [0.1, 0.15) is 0 Å². The third-order valence-electron chi connectivity index (χ3n) is 0.883. The quantitative estimate of drug-likeness (QED) is 0.402. The number of halogens is 6. The van der Waals surface area contributed by atoms with Crippen LogP contribution < -0.4 is 0 Å². The van der Waals surface area contributed by atoms with Gasteiger partial charge in [-0.3, -0.25) is 0 Å². The lowest BCUT2D eigenvalue weighted by molar-refractivity contribution is -0.210. The Hall–Kier alpha value is -1.28. The molecule has 3 nitrogen and oxygen atoms in total. The molecule has 0 unspecified atom stereocenters. The lowest BCUT2D eigenvalue weighted by Gasteiger charge is -2.10. The van der Waals surface area contributed by atoms with Crippen molar-refractivity contribution in [1.82, 2.24) is 0 Å². The van der Waals surface area contributed by atoms with Crippen LogP contribution in [0.15, 0.2) is 0 Å². The molecule has 0 bridgehead atoms. The Labute approximate surface area is 72.6 Å². The van der Waals surface area contributed by atoms with Gasteiger partial charge in [0.1, 0.15) is 0 Å². The standard InChI is InChI=1S/C5H2F6O3/c6-1-4(7,8)2(12)14-3(13)5(9,10)11/h1H2. The van der Waals surface area contributed by atoms with Crippen LogP contribution >= 0.6 is 0 Å². The van der Waals surface area contributed by atoms with Crippen LogP contribution in [-0.4, -0.2) is 30.7 Å². The van der Waals surface area contributed by atoms with Crippen molar-refractivity contribution >= 4 is 11.9 Å². The highest BCUT2D eigenvalue weighted by Gasteiger charge is 2.48. The molecule has 0 heterocycles. The highest BCUT2D eigenvalue weighted by Crippen LogP contribution is 2.21. The zero-order valence-corrected chi connectivity index (χ0v) is 6.20. The Morgan fingerprint density at radius 3 is 1.71 bits per heavy atom. The molecule has 0 aromatic heterocycles. The summed E-state index contributed by atoms with van der Waals surface area (Å²) in [5.41, 5.74) is 0. The van der Waals surface area contributed by atoms with Crippen molar-refractivity contribution in [2.45, 2.75) is 12.1 Å². The average Bonchev–Trinajstić information content (AvgIpc) is 2.02. The van der Waals surface area contributed by atoms with Crippen molar-refractivity contribution in [3.05, 3.63) is 0 Å². The maximum atomic E-state index is 11.9. The van der Waals surface area contributed by atoms with Gasteiger partial charge in [-0.15, -0.1) is 0 Å². The van der Waals surface area contributed by atoms with E-state index >= 15 is 0 Å². The second kappa shape index (κ2) is 3.84. The lowest BCUT2D eigenvalue weighted by atomic mass is 10.4. The molecule has 0 aliphatic carbocycles. The molecule has 0 amide bonds. The number of ether oxygens (including phenoxy) is 1. The average molecular weight is 224 g/mol. The first-order valence-electron chi connectivity index (χ1n) is 2.88. The van der Waals surface area contributed by atoms with Gasteiger partial charge in [0, 0.05) is 0 Å². The molecular weight excluding hydrogens is 222 g/mol. The van der Waals surface area contributed by atoms with Crippen molar-refractivity contribution < 1.29 is 40.7 Å². The van der Waals surface area contributed by atoms with Crippen LogP contribution in [0.5, 0.6) is 0 Å². The summed E-state index contributed by atoms with van der Waals surface area (Å²) in [6.45, 7) is -2.54. The molecule has 0 aliphatic rings. The van der Waals surface area contributed by atoms with Gasteiger partial charge in [0.05, 0.1) is 0 Å². The summed E-state index contributed by atoms with van der Waals surface area (Å²) in [6, 6.07) is 0. The van der Waals surface area contributed by atoms with Crippen LogP contribution in [0.4, 0.5) is 26.3 Å². The zero-order valence-electron chi connectivity index (χ0n) is 6.20. The number of carbonyl (C=O) groups is 2. The number of hydrogen-bond acceptors (Lipinski definition) is 3. The molecular formula is C5H2F6O3. The molecule has 14 heavy (non-hydrogen) atoms. The van der Waals surface area contributed by atoms with Crippen molar-refractivity contribution in [3.63, 3.8) is 0 Å². The summed E-state index contributed by atoms with van der Waals surface area (Å²) in [4.78, 5) is 19.8. The van der Waals surface area contributed by atoms with Gasteiger partial charge in [-0.1, -0.05) is 0 Å². The monoisotopic (exact) mass is 224 g/mol. The van der Waals surface area contributed by atoms with E-state index in [2.05, 4.69) is 4.74 Å². The maximum absolute atomic E-state index is 11.9. The first kappa shape index (κ1) is 12.7. The summed E-state index contributed by atoms with van der Waals surface area (Å²) in [7, 11) is 0. The first-order chi connectivity index (χ1) is 6.11. The van der Waals surface area contributed by atoms with Gasteiger partial charge in [-0.25, -0.2) is 14.0 Å². The van der Waals surface area contributed by atoms with E-state index in [0.717, 1.165) is 0 Å². The molecule has 0 radical (unpaired) electrons. The van der Waals surface area contributed by atoms with Crippen LogP contribution in [-0.2, 0) is 14.3 Å². The van der Waals surface area contributed by atoms with E-state index < -0.39 is 30.7 Å². The van der Waals surface area contributed by atoms with E-state index in [9.17, 15) is 35.9 Å². The van der Waals surface area contributed by atoms with Gasteiger partial charge in [0.25, 0.3) is 0 Å². The second-order valence-electron chi connectivity index (χ2n) is 2.01. The van der Waals surface area contributed by atoms with E-state index in [1.165, 1.54) is 0 Å². The van der Waals surface area contributed by atoms with E-state index in [1.807, 2.05) is 0 Å². The highest BCUT2D eigenvalue weighted by molar-refractivity contribution is 5.91. The van der Waals surface area contributed by atoms with Crippen LogP contribution in [0.2, 0.25) is 0 Å². The first-order valence-corrected chi connectivity index (χ1v) is 2.88. The van der Waals surface area contributed by atoms with Gasteiger partial charge in [-0.2, -0.15) is 22.0 Å². The molecule has 0 saturated heterocycles. The van der Waals surface area contributed by atoms with E-state index in [1.54, 1.807) is 0 Å². The summed E-state index contributed by atoms with van der Waals surface area (Å²) in [6.07, 6.45) is -5.58. The minimum Gasteiger partial charge on any atom is -0.382 e. The van der Waals surface area contributed by atoms with Crippen molar-refractivity contribution in [2.75, 3.05) is 6.67 Å². The fourth-order valence-electron chi connectivity index (χ4n) is 0.271. The Balaban J connectivity index is 4.43. The van der Waals surface area contributed by atoms with Gasteiger partial charge < -0.3 is 4.74 Å². The Kier molecular flexibility index (Phi) is 3.49. The summed E-state index contributed by atoms with van der Waals surface area (Å²) < 4.78 is 71.9. The fraction of sp³-hybridized carbons (Fsp3) is 0.600. The predicted octanol–water partition coefficient (Wildman–Crippen LogP) is 1.22. The van der Waals surface area contributed by atoms with Gasteiger partial charge >= 0.3 is 24.0 Å². The maximum Gasteiger partial charge on any atom is 0.491 e. The lowest BCUT2D eigenvalue weighted by Crippen LogP contribution is -2.38. The topological polar surface area (TPSA) is 43.4 Å². The number of esters is 2. The molecule has 0 atom stereocenters. The Morgan fingerprint density at radius 2 is 1.43 bits per heavy atom. The molecule has 0 aromatic rings. The summed E-state index contributed by atoms with van der Waals surface area (Å²) in [5, 5.41) is 0. The van der Waals surface area contributed by atoms with Crippen molar-refractivity contribution in [1.29, 1.82) is 0 Å². The van der Waals surface area contributed by atoms with Gasteiger partial charge in [0.2, 0.25) is 0 Å². The predicted molar refractivity (Wildman–Crippen MR) is 28.1 cm³/mol. The van der Waals surface area contributed by atoms with Gasteiger partial charge in [-0.05, 0) is 0 Å². The SMILES string of the molecule is O=C(OC(=O)C(F)(F)CF)C(F)(F)F. The van der Waals surface area contributed by atoms with Crippen LogP contribution in [0.3, 0.4) is 0 Å². The third kappa shape index (κ3) is 3.23. The van der Waals surface area contributed by atoms with Crippen LogP contribution in [0.25, 0.3) is 0 Å². The smallest absolute Gasteiger partial charge is 0.382 e. The Morgan fingerprint density at radius 1 is 1.00 bits per heavy atom. The highest BCUT2D eigenvalue weighted by atomic mass is 19.4. The minimum atomic E-state index is -5.58. The molecule has 0 aliphatic heterocycles.